The van der Waals surface area contributed by atoms with Gasteiger partial charge in [0.15, 0.2) is 0 Å². The average molecular weight is 363 g/mol. The minimum atomic E-state index is -0.646. The fraction of sp³-hybridized carbons (Fsp3) is 0.150. The van der Waals surface area contributed by atoms with Gasteiger partial charge in [-0.2, -0.15) is 0 Å². The van der Waals surface area contributed by atoms with Crippen LogP contribution in [0.4, 0.5) is 5.69 Å². The number of carbonyl (C=O) groups excluding carboxylic acids is 2. The molecular formula is C20H17N3O2S. The smallest absolute Gasteiger partial charge is 0.313 e. The van der Waals surface area contributed by atoms with E-state index < -0.39 is 11.8 Å². The van der Waals surface area contributed by atoms with Crippen LogP contribution in [0.1, 0.15) is 11.1 Å². The van der Waals surface area contributed by atoms with E-state index in [0.29, 0.717) is 12.2 Å². The number of hydrogen-bond acceptors (Lipinski definition) is 4. The van der Waals surface area contributed by atoms with Gasteiger partial charge in [0.25, 0.3) is 0 Å². The highest BCUT2D eigenvalue weighted by molar-refractivity contribution is 7.22. The lowest BCUT2D eigenvalue weighted by Gasteiger charge is -2.13. The Bertz CT molecular complexity index is 1030. The molecule has 1 aromatic heterocycles. The normalized spacial score (nSPS) is 12.2. The topological polar surface area (TPSA) is 61.8 Å². The third-order valence-electron chi connectivity index (χ3n) is 4.31. The molecule has 3 aromatic rings. The highest BCUT2D eigenvalue weighted by atomic mass is 32.1. The first-order valence-electron chi connectivity index (χ1n) is 8.21. The van der Waals surface area contributed by atoms with E-state index in [2.05, 4.69) is 28.5 Å². The van der Waals surface area contributed by atoms with Gasteiger partial charge in [-0.05, 0) is 40.8 Å². The molecule has 0 fully saturated rings. The highest BCUT2D eigenvalue weighted by Gasteiger charge is 2.20. The van der Waals surface area contributed by atoms with Crippen LogP contribution < -0.4 is 5.32 Å². The van der Waals surface area contributed by atoms with Crippen LogP contribution in [0, 0.1) is 0 Å². The van der Waals surface area contributed by atoms with Crippen LogP contribution in [0.25, 0.3) is 20.5 Å². The Morgan fingerprint density at radius 3 is 2.73 bits per heavy atom. The van der Waals surface area contributed by atoms with Gasteiger partial charge in [-0.15, -0.1) is 11.3 Å². The Balaban J connectivity index is 1.76. The van der Waals surface area contributed by atoms with E-state index in [4.69, 9.17) is 0 Å². The molecule has 1 aliphatic rings. The Morgan fingerprint density at radius 2 is 1.96 bits per heavy atom. The van der Waals surface area contributed by atoms with Crippen LogP contribution in [0.15, 0.2) is 47.5 Å². The molecule has 0 aliphatic carbocycles. The monoisotopic (exact) mass is 363 g/mol. The van der Waals surface area contributed by atoms with E-state index in [1.807, 2.05) is 30.5 Å². The molecule has 1 N–H and O–H groups in total. The van der Waals surface area contributed by atoms with Gasteiger partial charge < -0.3 is 10.2 Å². The first kappa shape index (κ1) is 16.5. The second-order valence-electron chi connectivity index (χ2n) is 6.36. The molecule has 2 aromatic carbocycles. The lowest BCUT2D eigenvalue weighted by Crippen LogP contribution is -2.34. The summed E-state index contributed by atoms with van der Waals surface area (Å²) in [7, 11) is 3.11. The molecule has 0 saturated heterocycles. The quantitative estimate of drug-likeness (QED) is 0.708. The first-order chi connectivity index (χ1) is 12.5. The predicted octanol–water partition coefficient (Wildman–Crippen LogP) is 3.53. The Hall–Kier alpha value is -2.99. The van der Waals surface area contributed by atoms with Crippen molar-refractivity contribution in [2.75, 3.05) is 19.4 Å². The van der Waals surface area contributed by atoms with Crippen LogP contribution in [0.3, 0.4) is 0 Å². The van der Waals surface area contributed by atoms with Gasteiger partial charge in [0.2, 0.25) is 0 Å². The minimum absolute atomic E-state index is 0.581. The number of likely N-dealkylation sites (N-methyl/N-ethyl adjacent to an activating group) is 1. The number of anilines is 1. The summed E-state index contributed by atoms with van der Waals surface area (Å²) in [5, 5.41) is 3.90. The number of aliphatic imine (C=N–C) groups is 1. The number of thiophene rings is 1. The molecule has 0 unspecified atom stereocenters. The van der Waals surface area contributed by atoms with E-state index in [1.165, 1.54) is 15.0 Å². The maximum absolute atomic E-state index is 12.1. The molecular weight excluding hydrogens is 346 g/mol. The SMILES string of the molecule is CN(C)C(=O)C(=O)Nc1cc2c(c(-c3cc4ccccc4s3)c1)CN=C2. The van der Waals surface area contributed by atoms with Crippen molar-refractivity contribution in [1.82, 2.24) is 4.90 Å². The summed E-state index contributed by atoms with van der Waals surface area (Å²) in [5.41, 5.74) is 3.78. The van der Waals surface area contributed by atoms with Gasteiger partial charge in [0.1, 0.15) is 0 Å². The van der Waals surface area contributed by atoms with Crippen molar-refractivity contribution >= 4 is 45.1 Å². The summed E-state index contributed by atoms with van der Waals surface area (Å²) >= 11 is 1.71. The van der Waals surface area contributed by atoms with E-state index in [0.717, 1.165) is 21.6 Å². The summed E-state index contributed by atoms with van der Waals surface area (Å²) in [6.45, 7) is 0.629. The third kappa shape index (κ3) is 2.88. The fourth-order valence-corrected chi connectivity index (χ4v) is 4.12. The maximum Gasteiger partial charge on any atom is 0.313 e. The summed E-state index contributed by atoms with van der Waals surface area (Å²) < 4.78 is 1.22. The molecule has 6 heteroatoms. The predicted molar refractivity (Wildman–Crippen MR) is 106 cm³/mol. The van der Waals surface area contributed by atoms with Crippen LogP contribution in [-0.4, -0.2) is 37.0 Å². The number of nitrogens with one attached hydrogen (secondary N) is 1. The van der Waals surface area contributed by atoms with Gasteiger partial charge in [0, 0.05) is 41.1 Å². The molecule has 26 heavy (non-hydrogen) atoms. The standard InChI is InChI=1S/C20H17N3O2S/c1-23(2)20(25)19(24)22-14-7-13-10-21-11-16(13)15(9-14)18-8-12-5-3-4-6-17(12)26-18/h3-10H,11H2,1-2H3,(H,22,24). The van der Waals surface area contributed by atoms with Gasteiger partial charge in [-0.3, -0.25) is 14.6 Å². The van der Waals surface area contributed by atoms with Gasteiger partial charge in [-0.1, -0.05) is 18.2 Å². The van der Waals surface area contributed by atoms with Crippen molar-refractivity contribution in [3.63, 3.8) is 0 Å². The highest BCUT2D eigenvalue weighted by Crippen LogP contribution is 2.38. The number of benzene rings is 2. The number of carbonyl (C=O) groups is 2. The second-order valence-corrected chi connectivity index (χ2v) is 7.45. The zero-order valence-corrected chi connectivity index (χ0v) is 15.3. The van der Waals surface area contributed by atoms with Crippen molar-refractivity contribution in [3.05, 3.63) is 53.6 Å². The summed E-state index contributed by atoms with van der Waals surface area (Å²) in [5.74, 6) is -1.23. The number of nitrogens with zero attached hydrogens (tertiary/aromatic N) is 2. The van der Waals surface area contributed by atoms with Crippen LogP contribution >= 0.6 is 11.3 Å². The molecule has 0 saturated carbocycles. The molecule has 0 atom stereocenters. The molecule has 2 heterocycles. The van der Waals surface area contributed by atoms with Gasteiger partial charge >= 0.3 is 11.8 Å². The number of rotatable bonds is 2. The summed E-state index contributed by atoms with van der Waals surface area (Å²) in [6, 6.07) is 14.2. The van der Waals surface area contributed by atoms with Crippen LogP contribution in [0.5, 0.6) is 0 Å². The zero-order valence-electron chi connectivity index (χ0n) is 14.4. The van der Waals surface area contributed by atoms with Crippen molar-refractivity contribution in [2.45, 2.75) is 6.54 Å². The first-order valence-corrected chi connectivity index (χ1v) is 9.03. The van der Waals surface area contributed by atoms with E-state index in [9.17, 15) is 9.59 Å². The fourth-order valence-electron chi connectivity index (χ4n) is 3.02. The molecule has 5 nitrogen and oxygen atoms in total. The summed E-state index contributed by atoms with van der Waals surface area (Å²) in [6.07, 6.45) is 1.82. The third-order valence-corrected chi connectivity index (χ3v) is 5.46. The Kier molecular flexibility index (Phi) is 4.05. The van der Waals surface area contributed by atoms with Gasteiger partial charge in [-0.25, -0.2) is 0 Å². The van der Waals surface area contributed by atoms with Gasteiger partial charge in [0.05, 0.1) is 6.54 Å². The van der Waals surface area contributed by atoms with Crippen LogP contribution in [-0.2, 0) is 16.1 Å². The number of hydrogen-bond donors (Lipinski definition) is 1. The molecule has 4 rings (SSSR count). The lowest BCUT2D eigenvalue weighted by atomic mass is 10.0. The lowest BCUT2D eigenvalue weighted by molar-refractivity contribution is -0.141. The molecule has 0 spiro atoms. The van der Waals surface area contributed by atoms with Crippen molar-refractivity contribution in [3.8, 4) is 10.4 Å². The van der Waals surface area contributed by atoms with Crippen LogP contribution in [0.2, 0.25) is 0 Å². The molecule has 0 bridgehead atoms. The van der Waals surface area contributed by atoms with Crippen molar-refractivity contribution in [1.29, 1.82) is 0 Å². The zero-order chi connectivity index (χ0) is 18.3. The molecule has 1 aliphatic heterocycles. The van der Waals surface area contributed by atoms with E-state index >= 15 is 0 Å². The largest absolute Gasteiger partial charge is 0.341 e. The molecule has 2 amide bonds. The number of fused-ring (bicyclic) bond motifs is 2. The molecule has 130 valence electrons. The second kappa shape index (κ2) is 6.38. The minimum Gasteiger partial charge on any atom is -0.341 e. The molecule has 0 radical (unpaired) electrons. The van der Waals surface area contributed by atoms with E-state index in [-0.39, 0.29) is 0 Å². The number of amides is 2. The van der Waals surface area contributed by atoms with E-state index in [1.54, 1.807) is 25.4 Å². The Morgan fingerprint density at radius 1 is 1.15 bits per heavy atom. The maximum atomic E-state index is 12.1. The Labute approximate surface area is 155 Å². The summed E-state index contributed by atoms with van der Waals surface area (Å²) in [4.78, 5) is 30.7. The van der Waals surface area contributed by atoms with Crippen molar-refractivity contribution in [2.24, 2.45) is 4.99 Å². The average Bonchev–Trinajstić information content (AvgIpc) is 3.26. The van der Waals surface area contributed by atoms with Crippen molar-refractivity contribution < 1.29 is 9.59 Å².